The number of carboxylic acid groups (broad SMARTS) is 1. The third kappa shape index (κ3) is 5.21. The molecule has 1 heterocycles. The second kappa shape index (κ2) is 9.03. The van der Waals surface area contributed by atoms with Gasteiger partial charge in [0, 0.05) is 38.8 Å². The van der Waals surface area contributed by atoms with Crippen molar-refractivity contribution in [2.75, 3.05) is 32.7 Å². The second-order valence-corrected chi connectivity index (χ2v) is 7.40. The van der Waals surface area contributed by atoms with Crippen LogP contribution in [0.15, 0.2) is 30.3 Å². The molecule has 0 bridgehead atoms. The molecule has 1 aliphatic heterocycles. The van der Waals surface area contributed by atoms with Gasteiger partial charge in [-0.2, -0.15) is 0 Å². The van der Waals surface area contributed by atoms with Crippen LogP contribution in [0.3, 0.4) is 0 Å². The summed E-state index contributed by atoms with van der Waals surface area (Å²) in [5, 5.41) is 12.1. The van der Waals surface area contributed by atoms with Gasteiger partial charge in [-0.1, -0.05) is 30.3 Å². The van der Waals surface area contributed by atoms with Gasteiger partial charge in [0.1, 0.15) is 0 Å². The van der Waals surface area contributed by atoms with E-state index in [0.717, 1.165) is 52.0 Å². The van der Waals surface area contributed by atoms with Gasteiger partial charge in [-0.3, -0.25) is 9.69 Å². The van der Waals surface area contributed by atoms with E-state index in [0.29, 0.717) is 12.8 Å². The van der Waals surface area contributed by atoms with E-state index < -0.39 is 5.97 Å². The van der Waals surface area contributed by atoms with Crippen molar-refractivity contribution in [3.8, 4) is 0 Å². The number of carbonyl (C=O) groups is 2. The molecule has 1 saturated heterocycles. The van der Waals surface area contributed by atoms with Crippen molar-refractivity contribution in [2.24, 2.45) is 5.92 Å². The molecular formula is C20H29N3O3. The highest BCUT2D eigenvalue weighted by Gasteiger charge is 2.28. The number of amides is 2. The number of piperazine rings is 1. The minimum Gasteiger partial charge on any atom is -0.481 e. The highest BCUT2D eigenvalue weighted by Crippen LogP contribution is 2.24. The molecule has 2 N–H and O–H groups in total. The second-order valence-electron chi connectivity index (χ2n) is 7.40. The van der Waals surface area contributed by atoms with Gasteiger partial charge in [0.05, 0.1) is 5.92 Å². The molecule has 3 rings (SSSR count). The molecule has 0 spiro atoms. The number of benzene rings is 1. The molecule has 1 aromatic carbocycles. The Morgan fingerprint density at radius 1 is 1.00 bits per heavy atom. The molecule has 26 heavy (non-hydrogen) atoms. The van der Waals surface area contributed by atoms with Gasteiger partial charge in [-0.25, -0.2) is 4.79 Å². The first-order chi connectivity index (χ1) is 12.6. The van der Waals surface area contributed by atoms with Crippen molar-refractivity contribution in [1.29, 1.82) is 0 Å². The summed E-state index contributed by atoms with van der Waals surface area (Å²) in [4.78, 5) is 27.8. The van der Waals surface area contributed by atoms with Crippen molar-refractivity contribution in [2.45, 2.75) is 38.1 Å². The number of nitrogens with zero attached hydrogens (tertiary/aromatic N) is 2. The minimum absolute atomic E-state index is 0.00600. The first-order valence-corrected chi connectivity index (χ1v) is 9.66. The average Bonchev–Trinajstić information content (AvgIpc) is 2.68. The Morgan fingerprint density at radius 3 is 2.27 bits per heavy atom. The van der Waals surface area contributed by atoms with Crippen LogP contribution in [0.5, 0.6) is 0 Å². The van der Waals surface area contributed by atoms with E-state index in [9.17, 15) is 9.59 Å². The SMILES string of the molecule is O=C(O)C1CCC(NC(=O)N2CCN(CCc3ccccc3)CC2)CC1. The van der Waals surface area contributed by atoms with E-state index in [1.807, 2.05) is 11.0 Å². The largest absolute Gasteiger partial charge is 0.481 e. The van der Waals surface area contributed by atoms with Crippen LogP contribution >= 0.6 is 0 Å². The molecule has 0 aromatic heterocycles. The van der Waals surface area contributed by atoms with Crippen LogP contribution in [0.4, 0.5) is 4.79 Å². The van der Waals surface area contributed by atoms with Gasteiger partial charge in [-0.05, 0) is 37.7 Å². The number of aliphatic carboxylic acids is 1. The molecule has 142 valence electrons. The van der Waals surface area contributed by atoms with Crippen LogP contribution < -0.4 is 5.32 Å². The van der Waals surface area contributed by atoms with Gasteiger partial charge < -0.3 is 15.3 Å². The number of hydrogen-bond acceptors (Lipinski definition) is 3. The fourth-order valence-corrected chi connectivity index (χ4v) is 3.86. The first-order valence-electron chi connectivity index (χ1n) is 9.66. The van der Waals surface area contributed by atoms with Crippen molar-refractivity contribution in [1.82, 2.24) is 15.1 Å². The first kappa shape index (κ1) is 18.7. The standard InChI is InChI=1S/C20H29N3O3/c24-19(25)17-6-8-18(9-7-17)21-20(26)23-14-12-22(13-15-23)11-10-16-4-2-1-3-5-16/h1-5,17-18H,6-15H2,(H,21,26)(H,24,25). The maximum absolute atomic E-state index is 12.4. The third-order valence-corrected chi connectivity index (χ3v) is 5.62. The highest BCUT2D eigenvalue weighted by atomic mass is 16.4. The molecule has 0 radical (unpaired) electrons. The normalized spacial score (nSPS) is 24.2. The van der Waals surface area contributed by atoms with Crippen LogP contribution in [-0.2, 0) is 11.2 Å². The van der Waals surface area contributed by atoms with Crippen molar-refractivity contribution in [3.05, 3.63) is 35.9 Å². The van der Waals surface area contributed by atoms with E-state index in [-0.39, 0.29) is 18.0 Å². The lowest BCUT2D eigenvalue weighted by Gasteiger charge is -2.36. The lowest BCUT2D eigenvalue weighted by atomic mass is 9.86. The molecule has 1 saturated carbocycles. The number of hydrogen-bond donors (Lipinski definition) is 2. The molecular weight excluding hydrogens is 330 g/mol. The van der Waals surface area contributed by atoms with Crippen molar-refractivity contribution < 1.29 is 14.7 Å². The van der Waals surface area contributed by atoms with E-state index in [1.165, 1.54) is 5.56 Å². The summed E-state index contributed by atoms with van der Waals surface area (Å²) in [7, 11) is 0. The monoisotopic (exact) mass is 359 g/mol. The summed E-state index contributed by atoms with van der Waals surface area (Å²) in [6, 6.07) is 10.6. The highest BCUT2D eigenvalue weighted by molar-refractivity contribution is 5.75. The Balaban J connectivity index is 1.35. The Labute approximate surface area is 155 Å². The number of carboxylic acids is 1. The smallest absolute Gasteiger partial charge is 0.317 e. The summed E-state index contributed by atoms with van der Waals surface area (Å²) < 4.78 is 0. The molecule has 2 amide bonds. The van der Waals surface area contributed by atoms with Crippen LogP contribution in [0.25, 0.3) is 0 Å². The predicted molar refractivity (Wildman–Crippen MR) is 100 cm³/mol. The zero-order valence-electron chi connectivity index (χ0n) is 15.3. The van der Waals surface area contributed by atoms with E-state index >= 15 is 0 Å². The van der Waals surface area contributed by atoms with E-state index in [2.05, 4.69) is 34.5 Å². The summed E-state index contributed by atoms with van der Waals surface area (Å²) >= 11 is 0. The molecule has 0 unspecified atom stereocenters. The van der Waals surface area contributed by atoms with Crippen LogP contribution in [0.1, 0.15) is 31.2 Å². The topological polar surface area (TPSA) is 72.9 Å². The molecule has 1 aromatic rings. The van der Waals surface area contributed by atoms with E-state index in [1.54, 1.807) is 0 Å². The summed E-state index contributed by atoms with van der Waals surface area (Å²) in [5.74, 6) is -0.947. The summed E-state index contributed by atoms with van der Waals surface area (Å²) in [6.45, 7) is 4.35. The van der Waals surface area contributed by atoms with Crippen LogP contribution in [0.2, 0.25) is 0 Å². The van der Waals surface area contributed by atoms with Crippen LogP contribution in [-0.4, -0.2) is 65.7 Å². The van der Waals surface area contributed by atoms with Gasteiger partial charge in [0.25, 0.3) is 0 Å². The lowest BCUT2D eigenvalue weighted by Crippen LogP contribution is -2.54. The minimum atomic E-state index is -0.707. The predicted octanol–water partition coefficient (Wildman–Crippen LogP) is 2.20. The fraction of sp³-hybridized carbons (Fsp3) is 0.600. The molecule has 6 nitrogen and oxygen atoms in total. The molecule has 6 heteroatoms. The van der Waals surface area contributed by atoms with Crippen molar-refractivity contribution >= 4 is 12.0 Å². The maximum atomic E-state index is 12.4. The van der Waals surface area contributed by atoms with Crippen molar-refractivity contribution in [3.63, 3.8) is 0 Å². The summed E-state index contributed by atoms with van der Waals surface area (Å²) in [5.41, 5.74) is 1.35. The number of rotatable bonds is 5. The lowest BCUT2D eigenvalue weighted by molar-refractivity contribution is -0.142. The maximum Gasteiger partial charge on any atom is 0.317 e. The quantitative estimate of drug-likeness (QED) is 0.845. The third-order valence-electron chi connectivity index (χ3n) is 5.62. The molecule has 2 aliphatic rings. The number of urea groups is 1. The number of nitrogens with one attached hydrogen (secondary N) is 1. The zero-order valence-corrected chi connectivity index (χ0v) is 15.3. The average molecular weight is 359 g/mol. The van der Waals surface area contributed by atoms with Gasteiger partial charge in [0.15, 0.2) is 0 Å². The summed E-state index contributed by atoms with van der Waals surface area (Å²) in [6.07, 6.45) is 3.89. The van der Waals surface area contributed by atoms with E-state index in [4.69, 9.17) is 5.11 Å². The zero-order chi connectivity index (χ0) is 18.4. The Morgan fingerprint density at radius 2 is 1.65 bits per heavy atom. The van der Waals surface area contributed by atoms with Gasteiger partial charge >= 0.3 is 12.0 Å². The fourth-order valence-electron chi connectivity index (χ4n) is 3.86. The van der Waals surface area contributed by atoms with Gasteiger partial charge in [-0.15, -0.1) is 0 Å². The molecule has 0 atom stereocenters. The molecule has 2 fully saturated rings. The Kier molecular flexibility index (Phi) is 6.50. The molecule has 1 aliphatic carbocycles. The Bertz CT molecular complexity index is 592. The number of carbonyl (C=O) groups excluding carboxylic acids is 1. The van der Waals surface area contributed by atoms with Gasteiger partial charge in [0.2, 0.25) is 0 Å². The van der Waals surface area contributed by atoms with Crippen LogP contribution in [0, 0.1) is 5.92 Å². The Hall–Kier alpha value is -2.08.